The van der Waals surface area contributed by atoms with Gasteiger partial charge in [-0.15, -0.1) is 12.4 Å². The van der Waals surface area contributed by atoms with Gasteiger partial charge in [-0.1, -0.05) is 30.3 Å². The van der Waals surface area contributed by atoms with E-state index in [-0.39, 0.29) is 24.2 Å². The number of nitrogens with one attached hydrogen (secondary N) is 1. The van der Waals surface area contributed by atoms with Crippen molar-refractivity contribution in [3.8, 4) is 0 Å². The number of aromatic nitrogens is 1. The number of esters is 1. The van der Waals surface area contributed by atoms with Gasteiger partial charge in [0.25, 0.3) is 0 Å². The van der Waals surface area contributed by atoms with Crippen LogP contribution in [0.5, 0.6) is 0 Å². The Balaban J connectivity index is 0.00000338. The molecule has 6 heteroatoms. The fourth-order valence-electron chi connectivity index (χ4n) is 3.02. The molecule has 0 amide bonds. The van der Waals surface area contributed by atoms with Crippen molar-refractivity contribution in [3.63, 3.8) is 0 Å². The summed E-state index contributed by atoms with van der Waals surface area (Å²) in [6.45, 7) is 5.65. The fraction of sp³-hybridized carbons (Fsp3) is 0.400. The van der Waals surface area contributed by atoms with E-state index >= 15 is 0 Å². The second-order valence-corrected chi connectivity index (χ2v) is 6.38. The molecule has 1 aromatic heterocycles. The van der Waals surface area contributed by atoms with Crippen molar-refractivity contribution >= 4 is 24.2 Å². The predicted octanol–water partition coefficient (Wildman–Crippen LogP) is 3.59. The van der Waals surface area contributed by atoms with Crippen LogP contribution < -0.4 is 0 Å². The van der Waals surface area contributed by atoms with Crippen molar-refractivity contribution < 1.29 is 14.3 Å². The Bertz CT molecular complexity index is 754. The number of rotatable bonds is 7. The number of benzene rings is 1. The van der Waals surface area contributed by atoms with E-state index < -0.39 is 5.97 Å². The van der Waals surface area contributed by atoms with E-state index in [1.807, 2.05) is 49.3 Å². The molecule has 2 aromatic rings. The van der Waals surface area contributed by atoms with Crippen LogP contribution in [0.1, 0.15) is 44.6 Å². The van der Waals surface area contributed by atoms with Gasteiger partial charge in [-0.25, -0.2) is 4.79 Å². The van der Waals surface area contributed by atoms with Gasteiger partial charge in [0, 0.05) is 5.69 Å². The largest absolute Gasteiger partial charge is 0.462 e. The van der Waals surface area contributed by atoms with Crippen LogP contribution in [-0.4, -0.2) is 48.4 Å². The summed E-state index contributed by atoms with van der Waals surface area (Å²) < 4.78 is 5.11. The lowest BCUT2D eigenvalue weighted by Crippen LogP contribution is -2.38. The third-order valence-corrected chi connectivity index (χ3v) is 4.36. The molecule has 26 heavy (non-hydrogen) atoms. The topological polar surface area (TPSA) is 62.4 Å². The second-order valence-electron chi connectivity index (χ2n) is 6.38. The van der Waals surface area contributed by atoms with Gasteiger partial charge in [-0.05, 0) is 52.4 Å². The molecule has 0 fully saturated rings. The van der Waals surface area contributed by atoms with Crippen LogP contribution in [0.15, 0.2) is 30.3 Å². The maximum atomic E-state index is 13.1. The third kappa shape index (κ3) is 4.74. The maximum Gasteiger partial charge on any atom is 0.340 e. The monoisotopic (exact) mass is 378 g/mol. The lowest BCUT2D eigenvalue weighted by molar-refractivity contribution is 0.0525. The normalized spacial score (nSPS) is 11.8. The molecule has 0 radical (unpaired) electrons. The molecule has 1 unspecified atom stereocenters. The van der Waals surface area contributed by atoms with Crippen molar-refractivity contribution in [2.45, 2.75) is 33.2 Å². The Hall–Kier alpha value is -2.11. The summed E-state index contributed by atoms with van der Waals surface area (Å²) in [5, 5.41) is 0. The summed E-state index contributed by atoms with van der Waals surface area (Å²) in [6, 6.07) is 9.61. The number of H-pyrrole nitrogens is 1. The molecule has 1 N–H and O–H groups in total. The molecule has 0 aliphatic carbocycles. The first-order valence-electron chi connectivity index (χ1n) is 8.47. The number of aromatic amines is 1. The number of hydrogen-bond donors (Lipinski definition) is 1. The molecule has 0 aliphatic heterocycles. The quantitative estimate of drug-likeness (QED) is 0.590. The van der Waals surface area contributed by atoms with Gasteiger partial charge >= 0.3 is 5.97 Å². The average molecular weight is 379 g/mol. The highest BCUT2D eigenvalue weighted by Gasteiger charge is 2.29. The van der Waals surface area contributed by atoms with E-state index in [1.54, 1.807) is 20.8 Å². The van der Waals surface area contributed by atoms with Gasteiger partial charge in [0.2, 0.25) is 0 Å². The number of carbonyl (C=O) groups excluding carboxylic acids is 2. The number of halogens is 1. The van der Waals surface area contributed by atoms with Gasteiger partial charge in [0.05, 0.1) is 23.9 Å². The molecule has 0 aliphatic rings. The number of carbonyl (C=O) groups is 2. The summed E-state index contributed by atoms with van der Waals surface area (Å²) in [5.74, 6) is -0.415. The molecule has 0 bridgehead atoms. The SMILES string of the molecule is CCOC(=O)c1c(C)[nH]c(C(=O)C(Cc2ccccc2)N(C)C)c1C.Cl. The van der Waals surface area contributed by atoms with Crippen LogP contribution in [0.25, 0.3) is 0 Å². The molecule has 1 atom stereocenters. The van der Waals surface area contributed by atoms with E-state index in [4.69, 9.17) is 4.74 Å². The molecule has 2 rings (SSSR count). The standard InChI is InChI=1S/C20H26N2O3.ClH/c1-6-25-20(24)17-13(2)18(21-14(17)3)19(23)16(22(4)5)12-15-10-8-7-9-11-15;/h7-11,16,21H,6,12H2,1-5H3;1H. The van der Waals surface area contributed by atoms with Crippen molar-refractivity contribution in [1.82, 2.24) is 9.88 Å². The summed E-state index contributed by atoms with van der Waals surface area (Å²) in [7, 11) is 3.78. The highest BCUT2D eigenvalue weighted by atomic mass is 35.5. The van der Waals surface area contributed by atoms with Crippen molar-refractivity contribution in [2.24, 2.45) is 0 Å². The first kappa shape index (κ1) is 21.9. The zero-order valence-corrected chi connectivity index (χ0v) is 16.8. The van der Waals surface area contributed by atoms with Crippen LogP contribution in [0.3, 0.4) is 0 Å². The molecular weight excluding hydrogens is 352 g/mol. The number of ketones is 1. The van der Waals surface area contributed by atoms with Crippen LogP contribution >= 0.6 is 12.4 Å². The van der Waals surface area contributed by atoms with Crippen LogP contribution in [0, 0.1) is 13.8 Å². The molecule has 1 heterocycles. The lowest BCUT2D eigenvalue weighted by atomic mass is 9.97. The molecule has 1 aromatic carbocycles. The van der Waals surface area contributed by atoms with Crippen LogP contribution in [-0.2, 0) is 11.2 Å². The Morgan fingerprint density at radius 2 is 1.77 bits per heavy atom. The van der Waals surface area contributed by atoms with E-state index in [0.717, 1.165) is 5.56 Å². The fourth-order valence-corrected chi connectivity index (χ4v) is 3.02. The van der Waals surface area contributed by atoms with E-state index in [0.29, 0.717) is 35.5 Å². The first-order chi connectivity index (χ1) is 11.9. The molecule has 0 saturated carbocycles. The van der Waals surface area contributed by atoms with Gasteiger partial charge < -0.3 is 9.72 Å². The molecule has 0 saturated heterocycles. The zero-order valence-electron chi connectivity index (χ0n) is 16.0. The molecular formula is C20H27ClN2O3. The molecule has 0 spiro atoms. The van der Waals surface area contributed by atoms with Crippen molar-refractivity contribution in [1.29, 1.82) is 0 Å². The van der Waals surface area contributed by atoms with Gasteiger partial charge in [-0.2, -0.15) is 0 Å². The van der Waals surface area contributed by atoms with Crippen LogP contribution in [0.2, 0.25) is 0 Å². The summed E-state index contributed by atoms with van der Waals surface area (Å²) >= 11 is 0. The maximum absolute atomic E-state index is 13.1. The van der Waals surface area contributed by atoms with Crippen LogP contribution in [0.4, 0.5) is 0 Å². The molecule has 5 nitrogen and oxygen atoms in total. The molecule has 142 valence electrons. The number of aryl methyl sites for hydroxylation is 1. The third-order valence-electron chi connectivity index (χ3n) is 4.36. The highest BCUT2D eigenvalue weighted by Crippen LogP contribution is 2.22. The Labute approximate surface area is 161 Å². The van der Waals surface area contributed by atoms with E-state index in [9.17, 15) is 9.59 Å². The smallest absolute Gasteiger partial charge is 0.340 e. The van der Waals surface area contributed by atoms with Gasteiger partial charge in [0.1, 0.15) is 0 Å². The minimum Gasteiger partial charge on any atom is -0.462 e. The number of hydrogen-bond acceptors (Lipinski definition) is 4. The number of ether oxygens (including phenoxy) is 1. The predicted molar refractivity (Wildman–Crippen MR) is 105 cm³/mol. The highest BCUT2D eigenvalue weighted by molar-refractivity contribution is 6.04. The number of Topliss-reactive ketones (excluding diaryl/α,β-unsaturated/α-hetero) is 1. The van der Waals surface area contributed by atoms with E-state index in [1.165, 1.54) is 0 Å². The zero-order chi connectivity index (χ0) is 18.6. The van der Waals surface area contributed by atoms with Crippen molar-refractivity contribution in [3.05, 3.63) is 58.4 Å². The minimum absolute atomic E-state index is 0. The number of nitrogens with zero attached hydrogens (tertiary/aromatic N) is 1. The van der Waals surface area contributed by atoms with Crippen molar-refractivity contribution in [2.75, 3.05) is 20.7 Å². The Morgan fingerprint density at radius 1 is 1.15 bits per heavy atom. The Morgan fingerprint density at radius 3 is 2.31 bits per heavy atom. The number of likely N-dealkylation sites (N-methyl/N-ethyl adjacent to an activating group) is 1. The minimum atomic E-state index is -0.391. The van der Waals surface area contributed by atoms with E-state index in [2.05, 4.69) is 4.98 Å². The second kappa shape index (κ2) is 9.55. The Kier molecular flexibility index (Phi) is 8.06. The first-order valence-corrected chi connectivity index (χ1v) is 8.47. The van der Waals surface area contributed by atoms with Gasteiger partial charge in [0.15, 0.2) is 5.78 Å². The summed E-state index contributed by atoms with van der Waals surface area (Å²) in [5.41, 5.74) is 3.36. The summed E-state index contributed by atoms with van der Waals surface area (Å²) in [6.07, 6.45) is 0.610. The lowest BCUT2D eigenvalue weighted by Gasteiger charge is -2.23. The average Bonchev–Trinajstić information content (AvgIpc) is 2.87. The summed E-state index contributed by atoms with van der Waals surface area (Å²) in [4.78, 5) is 30.3. The van der Waals surface area contributed by atoms with Gasteiger partial charge in [-0.3, -0.25) is 9.69 Å².